The van der Waals surface area contributed by atoms with Gasteiger partial charge in [0.2, 0.25) is 5.82 Å². The molecule has 3 rings (SSSR count). The Labute approximate surface area is 146 Å². The second kappa shape index (κ2) is 7.34. The number of methoxy groups -OCH3 is 1. The van der Waals surface area contributed by atoms with Gasteiger partial charge in [0.1, 0.15) is 17.2 Å². The van der Waals surface area contributed by atoms with Gasteiger partial charge >= 0.3 is 6.36 Å². The third-order valence-electron chi connectivity index (χ3n) is 3.24. The first-order chi connectivity index (χ1) is 12.4. The highest BCUT2D eigenvalue weighted by Crippen LogP contribution is 2.25. The molecule has 0 aliphatic carbocycles. The van der Waals surface area contributed by atoms with Crippen LogP contribution in [0.2, 0.25) is 0 Å². The Morgan fingerprint density at radius 2 is 1.54 bits per heavy atom. The van der Waals surface area contributed by atoms with Gasteiger partial charge < -0.3 is 18.7 Å². The number of alkyl halides is 3. The van der Waals surface area contributed by atoms with Gasteiger partial charge in [-0.3, -0.25) is 0 Å². The van der Waals surface area contributed by atoms with Gasteiger partial charge in [-0.1, -0.05) is 5.16 Å². The van der Waals surface area contributed by atoms with Gasteiger partial charge in [-0.15, -0.1) is 13.2 Å². The van der Waals surface area contributed by atoms with E-state index in [0.29, 0.717) is 17.1 Å². The lowest BCUT2D eigenvalue weighted by molar-refractivity contribution is -0.274. The Hall–Kier alpha value is -3.23. The Morgan fingerprint density at radius 3 is 2.15 bits per heavy atom. The number of benzene rings is 2. The normalized spacial score (nSPS) is 11.2. The van der Waals surface area contributed by atoms with Crippen molar-refractivity contribution in [1.29, 1.82) is 0 Å². The van der Waals surface area contributed by atoms with Gasteiger partial charge in [0.05, 0.1) is 7.11 Å². The summed E-state index contributed by atoms with van der Waals surface area (Å²) in [6.07, 6.45) is -4.74. The molecule has 0 saturated heterocycles. The van der Waals surface area contributed by atoms with Gasteiger partial charge in [0, 0.05) is 5.56 Å². The Morgan fingerprint density at radius 1 is 0.923 bits per heavy atom. The molecule has 2 aromatic carbocycles. The van der Waals surface area contributed by atoms with Crippen molar-refractivity contribution in [2.45, 2.75) is 13.0 Å². The van der Waals surface area contributed by atoms with Crippen LogP contribution in [0.4, 0.5) is 13.2 Å². The predicted octanol–water partition coefficient (Wildman–Crippen LogP) is 4.22. The molecule has 0 saturated carbocycles. The zero-order valence-electron chi connectivity index (χ0n) is 13.5. The summed E-state index contributed by atoms with van der Waals surface area (Å²) in [5, 5.41) is 3.78. The van der Waals surface area contributed by atoms with Crippen molar-refractivity contribution in [2.75, 3.05) is 7.11 Å². The maximum atomic E-state index is 12.2. The van der Waals surface area contributed by atoms with Crippen LogP contribution in [0.25, 0.3) is 11.4 Å². The van der Waals surface area contributed by atoms with Gasteiger partial charge in [-0.25, -0.2) is 0 Å². The molecule has 1 heterocycles. The van der Waals surface area contributed by atoms with Crippen molar-refractivity contribution in [3.05, 3.63) is 54.4 Å². The van der Waals surface area contributed by atoms with E-state index in [0.717, 1.165) is 0 Å². The molecule has 136 valence electrons. The summed E-state index contributed by atoms with van der Waals surface area (Å²) >= 11 is 0. The van der Waals surface area contributed by atoms with Gasteiger partial charge in [-0.05, 0) is 48.5 Å². The van der Waals surface area contributed by atoms with Crippen LogP contribution in [0.15, 0.2) is 53.1 Å². The van der Waals surface area contributed by atoms with E-state index in [1.165, 1.54) is 24.3 Å². The van der Waals surface area contributed by atoms with E-state index < -0.39 is 6.36 Å². The van der Waals surface area contributed by atoms with Crippen LogP contribution in [0, 0.1) is 0 Å². The molecule has 0 aliphatic heterocycles. The highest BCUT2D eigenvalue weighted by molar-refractivity contribution is 5.55. The predicted molar refractivity (Wildman–Crippen MR) is 83.7 cm³/mol. The van der Waals surface area contributed by atoms with Crippen molar-refractivity contribution in [2.24, 2.45) is 0 Å². The third kappa shape index (κ3) is 4.65. The van der Waals surface area contributed by atoms with Crippen molar-refractivity contribution >= 4 is 0 Å². The SMILES string of the molecule is COc1ccc(OCc2nc(-c3ccc(OC(F)(F)F)cc3)no2)cc1. The minimum Gasteiger partial charge on any atom is -0.497 e. The fourth-order valence-corrected chi connectivity index (χ4v) is 2.05. The first-order valence-electron chi connectivity index (χ1n) is 7.38. The summed E-state index contributed by atoms with van der Waals surface area (Å²) in [4.78, 5) is 4.14. The summed E-state index contributed by atoms with van der Waals surface area (Å²) in [6.45, 7) is 0.0502. The third-order valence-corrected chi connectivity index (χ3v) is 3.24. The summed E-state index contributed by atoms with van der Waals surface area (Å²) < 4.78 is 55.9. The molecule has 0 radical (unpaired) electrons. The highest BCUT2D eigenvalue weighted by atomic mass is 19.4. The second-order valence-corrected chi connectivity index (χ2v) is 5.05. The first-order valence-corrected chi connectivity index (χ1v) is 7.38. The minimum absolute atomic E-state index is 0.0502. The fourth-order valence-electron chi connectivity index (χ4n) is 2.05. The topological polar surface area (TPSA) is 66.6 Å². The first kappa shape index (κ1) is 17.6. The Kier molecular flexibility index (Phi) is 4.97. The summed E-state index contributed by atoms with van der Waals surface area (Å²) in [6, 6.07) is 12.1. The number of aromatic nitrogens is 2. The van der Waals surface area contributed by atoms with Crippen molar-refractivity contribution in [3.63, 3.8) is 0 Å². The second-order valence-electron chi connectivity index (χ2n) is 5.05. The van der Waals surface area contributed by atoms with Crippen LogP contribution in [-0.4, -0.2) is 23.6 Å². The molecule has 0 N–H and O–H groups in total. The molecular formula is C17H13F3N2O4. The van der Waals surface area contributed by atoms with E-state index in [1.54, 1.807) is 31.4 Å². The van der Waals surface area contributed by atoms with E-state index in [4.69, 9.17) is 14.0 Å². The van der Waals surface area contributed by atoms with Gasteiger partial charge in [-0.2, -0.15) is 4.98 Å². The average molecular weight is 366 g/mol. The van der Waals surface area contributed by atoms with E-state index in [2.05, 4.69) is 14.9 Å². The van der Waals surface area contributed by atoms with E-state index in [-0.39, 0.29) is 24.1 Å². The summed E-state index contributed by atoms with van der Waals surface area (Å²) in [5.74, 6) is 1.44. The maximum absolute atomic E-state index is 12.2. The zero-order valence-corrected chi connectivity index (χ0v) is 13.5. The largest absolute Gasteiger partial charge is 0.573 e. The zero-order chi connectivity index (χ0) is 18.6. The molecule has 0 spiro atoms. The lowest BCUT2D eigenvalue weighted by Gasteiger charge is -2.08. The fraction of sp³-hybridized carbons (Fsp3) is 0.176. The molecule has 0 bridgehead atoms. The van der Waals surface area contributed by atoms with Gasteiger partial charge in [0.25, 0.3) is 5.89 Å². The number of ether oxygens (including phenoxy) is 3. The van der Waals surface area contributed by atoms with Gasteiger partial charge in [0.15, 0.2) is 6.61 Å². The molecule has 0 aliphatic rings. The quantitative estimate of drug-likeness (QED) is 0.651. The molecule has 0 unspecified atom stereocenters. The monoisotopic (exact) mass is 366 g/mol. The molecule has 1 aromatic heterocycles. The van der Waals surface area contributed by atoms with Crippen LogP contribution in [0.5, 0.6) is 17.2 Å². The van der Waals surface area contributed by atoms with Crippen LogP contribution in [-0.2, 0) is 6.61 Å². The molecular weight excluding hydrogens is 353 g/mol. The van der Waals surface area contributed by atoms with E-state index in [1.807, 2.05) is 0 Å². The van der Waals surface area contributed by atoms with E-state index in [9.17, 15) is 13.2 Å². The molecule has 26 heavy (non-hydrogen) atoms. The van der Waals surface area contributed by atoms with Crippen molar-refractivity contribution in [3.8, 4) is 28.6 Å². The average Bonchev–Trinajstić information content (AvgIpc) is 3.09. The Bertz CT molecular complexity index is 846. The van der Waals surface area contributed by atoms with Crippen LogP contribution >= 0.6 is 0 Å². The number of nitrogens with zero attached hydrogens (tertiary/aromatic N) is 2. The molecule has 0 amide bonds. The molecule has 6 nitrogen and oxygen atoms in total. The molecule has 9 heteroatoms. The lowest BCUT2D eigenvalue weighted by Crippen LogP contribution is -2.16. The minimum atomic E-state index is -4.74. The van der Waals surface area contributed by atoms with Crippen molar-refractivity contribution < 1.29 is 31.9 Å². The lowest BCUT2D eigenvalue weighted by atomic mass is 10.2. The number of rotatable bonds is 6. The van der Waals surface area contributed by atoms with E-state index >= 15 is 0 Å². The molecule has 0 fully saturated rings. The number of hydrogen-bond donors (Lipinski definition) is 0. The van der Waals surface area contributed by atoms with Crippen LogP contribution in [0.3, 0.4) is 0 Å². The van der Waals surface area contributed by atoms with Crippen LogP contribution in [0.1, 0.15) is 5.89 Å². The maximum Gasteiger partial charge on any atom is 0.573 e. The Balaban J connectivity index is 1.61. The standard InChI is InChI=1S/C17H13F3N2O4/c1-23-12-6-8-13(9-7-12)24-10-15-21-16(22-26-15)11-2-4-14(5-3-11)25-17(18,19)20/h2-9H,10H2,1H3. The number of halogens is 3. The summed E-state index contributed by atoms with van der Waals surface area (Å²) in [7, 11) is 1.57. The number of hydrogen-bond acceptors (Lipinski definition) is 6. The summed E-state index contributed by atoms with van der Waals surface area (Å²) in [5.41, 5.74) is 0.485. The van der Waals surface area contributed by atoms with Crippen LogP contribution < -0.4 is 14.2 Å². The molecule has 3 aromatic rings. The molecule has 0 atom stereocenters. The smallest absolute Gasteiger partial charge is 0.497 e. The highest BCUT2D eigenvalue weighted by Gasteiger charge is 2.31. The van der Waals surface area contributed by atoms with Crippen molar-refractivity contribution in [1.82, 2.24) is 10.1 Å².